The molecule has 1 aromatic heterocycles. The van der Waals surface area contributed by atoms with Crippen molar-refractivity contribution in [2.45, 2.75) is 13.8 Å². The van der Waals surface area contributed by atoms with E-state index in [0.717, 1.165) is 10.2 Å². The van der Waals surface area contributed by atoms with Crippen LogP contribution in [0.1, 0.15) is 12.5 Å². The SMILES string of the molecule is CC(=O)Oc1ccc(Br)cc1-c1cn(-c2ccc(C)cc2)nn1. The third-order valence-electron chi connectivity index (χ3n) is 3.26. The van der Waals surface area contributed by atoms with E-state index < -0.39 is 0 Å². The molecule has 2 aromatic carbocycles. The Morgan fingerprint density at radius 3 is 2.61 bits per heavy atom. The lowest BCUT2D eigenvalue weighted by molar-refractivity contribution is -0.131. The number of carbonyl (C=O) groups is 1. The molecule has 0 saturated heterocycles. The summed E-state index contributed by atoms with van der Waals surface area (Å²) in [6, 6.07) is 13.4. The summed E-state index contributed by atoms with van der Waals surface area (Å²) in [5.74, 6) is 0.0798. The fourth-order valence-corrected chi connectivity index (χ4v) is 2.52. The van der Waals surface area contributed by atoms with E-state index in [2.05, 4.69) is 26.2 Å². The monoisotopic (exact) mass is 371 g/mol. The second-order valence-corrected chi connectivity index (χ2v) is 6.03. The van der Waals surface area contributed by atoms with Gasteiger partial charge in [0.1, 0.15) is 11.4 Å². The van der Waals surface area contributed by atoms with Crippen molar-refractivity contribution in [2.24, 2.45) is 0 Å². The first-order valence-corrected chi connectivity index (χ1v) is 7.80. The number of benzene rings is 2. The van der Waals surface area contributed by atoms with Gasteiger partial charge in [0.25, 0.3) is 0 Å². The van der Waals surface area contributed by atoms with Crippen LogP contribution in [0.3, 0.4) is 0 Å². The minimum absolute atomic E-state index is 0.375. The molecular weight excluding hydrogens is 358 g/mol. The molecule has 3 rings (SSSR count). The Labute approximate surface area is 142 Å². The normalized spacial score (nSPS) is 10.6. The summed E-state index contributed by atoms with van der Waals surface area (Å²) in [5.41, 5.74) is 3.42. The van der Waals surface area contributed by atoms with Crippen molar-refractivity contribution in [2.75, 3.05) is 0 Å². The van der Waals surface area contributed by atoms with E-state index in [-0.39, 0.29) is 5.97 Å². The lowest BCUT2D eigenvalue weighted by Crippen LogP contribution is -2.02. The highest BCUT2D eigenvalue weighted by atomic mass is 79.9. The molecule has 116 valence electrons. The first kappa shape index (κ1) is 15.4. The van der Waals surface area contributed by atoms with E-state index in [1.165, 1.54) is 12.5 Å². The third-order valence-corrected chi connectivity index (χ3v) is 3.76. The van der Waals surface area contributed by atoms with Crippen LogP contribution in [0.5, 0.6) is 5.75 Å². The quantitative estimate of drug-likeness (QED) is 0.516. The van der Waals surface area contributed by atoms with Crippen molar-refractivity contribution in [1.82, 2.24) is 15.0 Å². The van der Waals surface area contributed by atoms with Crippen molar-refractivity contribution < 1.29 is 9.53 Å². The number of halogens is 1. The minimum Gasteiger partial charge on any atom is -0.426 e. The largest absolute Gasteiger partial charge is 0.426 e. The number of carbonyl (C=O) groups excluding carboxylic acids is 1. The number of aromatic nitrogens is 3. The highest BCUT2D eigenvalue weighted by Gasteiger charge is 2.13. The molecule has 6 heteroatoms. The average Bonchev–Trinajstić information content (AvgIpc) is 2.99. The van der Waals surface area contributed by atoms with E-state index in [0.29, 0.717) is 17.0 Å². The number of hydrogen-bond acceptors (Lipinski definition) is 4. The smallest absolute Gasteiger partial charge is 0.308 e. The highest BCUT2D eigenvalue weighted by Crippen LogP contribution is 2.32. The summed E-state index contributed by atoms with van der Waals surface area (Å²) in [6.45, 7) is 3.40. The van der Waals surface area contributed by atoms with Crippen LogP contribution in [-0.4, -0.2) is 21.0 Å². The molecule has 0 aliphatic heterocycles. The van der Waals surface area contributed by atoms with Gasteiger partial charge in [0.05, 0.1) is 11.9 Å². The van der Waals surface area contributed by atoms with Gasteiger partial charge in [-0.1, -0.05) is 38.8 Å². The Morgan fingerprint density at radius 2 is 1.91 bits per heavy atom. The number of rotatable bonds is 3. The molecule has 3 aromatic rings. The molecule has 0 saturated carbocycles. The molecule has 0 aliphatic carbocycles. The molecule has 0 amide bonds. The molecule has 1 heterocycles. The van der Waals surface area contributed by atoms with Gasteiger partial charge in [-0.2, -0.15) is 0 Å². The molecule has 0 unspecified atom stereocenters. The molecule has 0 N–H and O–H groups in total. The van der Waals surface area contributed by atoms with Crippen LogP contribution in [0.25, 0.3) is 16.9 Å². The molecular formula is C17H14BrN3O2. The predicted octanol–water partition coefficient (Wildman–Crippen LogP) is 3.93. The summed E-state index contributed by atoms with van der Waals surface area (Å²) in [5, 5.41) is 8.35. The maximum atomic E-state index is 11.3. The summed E-state index contributed by atoms with van der Waals surface area (Å²) >= 11 is 3.42. The highest BCUT2D eigenvalue weighted by molar-refractivity contribution is 9.10. The van der Waals surface area contributed by atoms with Crippen molar-refractivity contribution in [3.8, 4) is 22.7 Å². The molecule has 0 spiro atoms. The van der Waals surface area contributed by atoms with Crippen molar-refractivity contribution in [1.29, 1.82) is 0 Å². The number of aryl methyl sites for hydroxylation is 1. The molecule has 23 heavy (non-hydrogen) atoms. The fraction of sp³-hybridized carbons (Fsp3) is 0.118. The molecule has 0 aliphatic rings. The second kappa shape index (κ2) is 6.34. The standard InChI is InChI=1S/C17H14BrN3O2/c1-11-3-6-14(7-4-11)21-10-16(19-20-21)15-9-13(18)5-8-17(15)23-12(2)22/h3-10H,1-2H3. The van der Waals surface area contributed by atoms with Gasteiger partial charge < -0.3 is 4.74 Å². The maximum Gasteiger partial charge on any atom is 0.308 e. The van der Waals surface area contributed by atoms with Gasteiger partial charge in [-0.05, 0) is 37.3 Å². The van der Waals surface area contributed by atoms with Gasteiger partial charge in [0, 0.05) is 17.0 Å². The topological polar surface area (TPSA) is 57.0 Å². The number of nitrogens with zero attached hydrogens (tertiary/aromatic N) is 3. The molecule has 0 bridgehead atoms. The van der Waals surface area contributed by atoms with E-state index in [4.69, 9.17) is 4.74 Å². The Morgan fingerprint density at radius 1 is 1.17 bits per heavy atom. The van der Waals surface area contributed by atoms with Crippen LogP contribution in [0.15, 0.2) is 53.1 Å². The number of ether oxygens (including phenoxy) is 1. The van der Waals surface area contributed by atoms with Crippen molar-refractivity contribution >= 4 is 21.9 Å². The van der Waals surface area contributed by atoms with E-state index in [9.17, 15) is 4.79 Å². The van der Waals surface area contributed by atoms with Gasteiger partial charge in [-0.15, -0.1) is 5.10 Å². The molecule has 0 radical (unpaired) electrons. The van der Waals surface area contributed by atoms with Crippen LogP contribution in [-0.2, 0) is 4.79 Å². The van der Waals surface area contributed by atoms with Crippen molar-refractivity contribution in [3.05, 3.63) is 58.7 Å². The van der Waals surface area contributed by atoms with Gasteiger partial charge in [0.2, 0.25) is 0 Å². The Kier molecular flexibility index (Phi) is 4.25. The minimum atomic E-state index is -0.375. The zero-order valence-electron chi connectivity index (χ0n) is 12.7. The van der Waals surface area contributed by atoms with E-state index in [1.807, 2.05) is 43.3 Å². The van der Waals surface area contributed by atoms with E-state index >= 15 is 0 Å². The lowest BCUT2D eigenvalue weighted by Gasteiger charge is -2.07. The Bertz CT molecular complexity index is 857. The second-order valence-electron chi connectivity index (χ2n) is 5.12. The summed E-state index contributed by atoms with van der Waals surface area (Å²) < 4.78 is 7.81. The Hall–Kier alpha value is -2.47. The first-order chi connectivity index (χ1) is 11.0. The maximum absolute atomic E-state index is 11.3. The zero-order valence-corrected chi connectivity index (χ0v) is 14.2. The van der Waals surface area contributed by atoms with Crippen LogP contribution < -0.4 is 4.74 Å². The van der Waals surface area contributed by atoms with E-state index in [1.54, 1.807) is 16.9 Å². The van der Waals surface area contributed by atoms with Gasteiger partial charge in [0.15, 0.2) is 0 Å². The molecule has 5 nitrogen and oxygen atoms in total. The molecule has 0 fully saturated rings. The number of esters is 1. The van der Waals surface area contributed by atoms with Gasteiger partial charge in [-0.25, -0.2) is 4.68 Å². The average molecular weight is 372 g/mol. The van der Waals surface area contributed by atoms with Crippen LogP contribution in [0.4, 0.5) is 0 Å². The first-order valence-electron chi connectivity index (χ1n) is 7.00. The van der Waals surface area contributed by atoms with Crippen LogP contribution >= 0.6 is 15.9 Å². The van der Waals surface area contributed by atoms with Gasteiger partial charge in [-0.3, -0.25) is 4.79 Å². The van der Waals surface area contributed by atoms with Crippen LogP contribution in [0.2, 0.25) is 0 Å². The lowest BCUT2D eigenvalue weighted by atomic mass is 10.1. The van der Waals surface area contributed by atoms with Gasteiger partial charge >= 0.3 is 5.97 Å². The number of hydrogen-bond donors (Lipinski definition) is 0. The summed E-state index contributed by atoms with van der Waals surface area (Å²) in [7, 11) is 0. The summed E-state index contributed by atoms with van der Waals surface area (Å²) in [4.78, 5) is 11.3. The van der Waals surface area contributed by atoms with Crippen molar-refractivity contribution in [3.63, 3.8) is 0 Å². The molecule has 0 atom stereocenters. The fourth-order valence-electron chi connectivity index (χ4n) is 2.16. The third kappa shape index (κ3) is 3.48. The van der Waals surface area contributed by atoms with Crippen LogP contribution in [0, 0.1) is 6.92 Å². The summed E-state index contributed by atoms with van der Waals surface area (Å²) in [6.07, 6.45) is 1.80. The Balaban J connectivity index is 2.01. The predicted molar refractivity (Wildman–Crippen MR) is 90.5 cm³/mol. The zero-order chi connectivity index (χ0) is 16.4.